The number of hydrogen-bond donors (Lipinski definition) is 1. The van der Waals surface area contributed by atoms with Gasteiger partial charge < -0.3 is 5.32 Å². The molecule has 0 spiro atoms. The predicted octanol–water partition coefficient (Wildman–Crippen LogP) is 2.81. The van der Waals surface area contributed by atoms with Crippen molar-refractivity contribution in [2.45, 2.75) is 26.7 Å². The summed E-state index contributed by atoms with van der Waals surface area (Å²) in [6, 6.07) is 8.21. The average molecular weight is 191 g/mol. The van der Waals surface area contributed by atoms with E-state index in [0.717, 1.165) is 5.69 Å². The molecule has 1 aromatic rings. The van der Waals surface area contributed by atoms with Gasteiger partial charge in [0, 0.05) is 5.69 Å². The number of nitrogens with one attached hydrogen (secondary N) is 1. The fourth-order valence-electron chi connectivity index (χ4n) is 1.21. The number of benzene rings is 1. The Hall–Kier alpha value is -1.31. The van der Waals surface area contributed by atoms with Gasteiger partial charge in [-0.2, -0.15) is 0 Å². The van der Waals surface area contributed by atoms with Gasteiger partial charge in [-0.05, 0) is 30.5 Å². The number of carbonyl (C=O) groups excluding carboxylic acids is 1. The quantitative estimate of drug-likeness (QED) is 0.792. The Kier molecular flexibility index (Phi) is 3.69. The first-order valence-corrected chi connectivity index (χ1v) is 4.93. The Morgan fingerprint density at radius 3 is 2.29 bits per heavy atom. The van der Waals surface area contributed by atoms with Crippen LogP contribution >= 0.6 is 0 Å². The van der Waals surface area contributed by atoms with Gasteiger partial charge in [-0.1, -0.05) is 26.0 Å². The number of carbonyl (C=O) groups is 1. The van der Waals surface area contributed by atoms with Gasteiger partial charge in [0.25, 0.3) is 0 Å². The van der Waals surface area contributed by atoms with Gasteiger partial charge in [0.2, 0.25) is 0 Å². The van der Waals surface area contributed by atoms with Crippen LogP contribution in [0.2, 0.25) is 0 Å². The van der Waals surface area contributed by atoms with Crippen LogP contribution in [0.25, 0.3) is 0 Å². The molecule has 0 aliphatic heterocycles. The molecule has 2 nitrogen and oxygen atoms in total. The Labute approximate surface area is 85.3 Å². The van der Waals surface area contributed by atoms with Crippen molar-refractivity contribution in [3.63, 3.8) is 0 Å². The van der Waals surface area contributed by atoms with Crippen molar-refractivity contribution in [1.29, 1.82) is 0 Å². The normalized spacial score (nSPS) is 10.3. The second-order valence-electron chi connectivity index (χ2n) is 3.83. The smallest absolute Gasteiger partial charge is 0.148 e. The molecule has 0 atom stereocenters. The molecule has 0 bridgehead atoms. The van der Waals surface area contributed by atoms with Crippen LogP contribution in [0.5, 0.6) is 0 Å². The van der Waals surface area contributed by atoms with Gasteiger partial charge in [-0.25, -0.2) is 0 Å². The SMILES string of the molecule is CC(=O)CNc1ccc(C(C)C)cc1. The highest BCUT2D eigenvalue weighted by atomic mass is 16.1. The van der Waals surface area contributed by atoms with Crippen LogP contribution in [0, 0.1) is 0 Å². The highest BCUT2D eigenvalue weighted by Crippen LogP contribution is 2.16. The summed E-state index contributed by atoms with van der Waals surface area (Å²) in [4.78, 5) is 10.7. The minimum absolute atomic E-state index is 0.151. The Morgan fingerprint density at radius 1 is 1.29 bits per heavy atom. The fraction of sp³-hybridized carbons (Fsp3) is 0.417. The summed E-state index contributed by atoms with van der Waals surface area (Å²) in [5.74, 6) is 0.704. The third-order valence-electron chi connectivity index (χ3n) is 2.12. The second-order valence-corrected chi connectivity index (χ2v) is 3.83. The van der Waals surface area contributed by atoms with Crippen LogP contribution in [0.1, 0.15) is 32.3 Å². The molecule has 0 amide bonds. The molecule has 0 radical (unpaired) electrons. The molecular weight excluding hydrogens is 174 g/mol. The topological polar surface area (TPSA) is 29.1 Å². The van der Waals surface area contributed by atoms with E-state index in [1.807, 2.05) is 12.1 Å². The lowest BCUT2D eigenvalue weighted by Crippen LogP contribution is -2.09. The molecule has 1 aromatic carbocycles. The lowest BCUT2D eigenvalue weighted by atomic mass is 10.0. The Bertz CT molecular complexity index is 301. The van der Waals surface area contributed by atoms with Crippen molar-refractivity contribution in [2.24, 2.45) is 0 Å². The maximum Gasteiger partial charge on any atom is 0.148 e. The average Bonchev–Trinajstić information content (AvgIpc) is 2.15. The van der Waals surface area contributed by atoms with Gasteiger partial charge >= 0.3 is 0 Å². The van der Waals surface area contributed by atoms with Gasteiger partial charge in [0.1, 0.15) is 5.78 Å². The zero-order valence-corrected chi connectivity index (χ0v) is 9.00. The lowest BCUT2D eigenvalue weighted by molar-refractivity contribution is -0.115. The van der Waals surface area contributed by atoms with Crippen molar-refractivity contribution >= 4 is 11.5 Å². The predicted molar refractivity (Wildman–Crippen MR) is 59.7 cm³/mol. The van der Waals surface area contributed by atoms with Crippen LogP contribution in [-0.2, 0) is 4.79 Å². The fourth-order valence-corrected chi connectivity index (χ4v) is 1.21. The molecule has 0 fully saturated rings. The van der Waals surface area contributed by atoms with Crippen molar-refractivity contribution in [3.8, 4) is 0 Å². The standard InChI is InChI=1S/C12H17NO/c1-9(2)11-4-6-12(7-5-11)13-8-10(3)14/h4-7,9,13H,8H2,1-3H3. The molecule has 0 heterocycles. The first-order chi connectivity index (χ1) is 6.59. The molecule has 2 heteroatoms. The number of hydrogen-bond acceptors (Lipinski definition) is 2. The van der Waals surface area contributed by atoms with E-state index in [1.54, 1.807) is 6.92 Å². The molecule has 1 N–H and O–H groups in total. The molecule has 0 aliphatic carbocycles. The van der Waals surface area contributed by atoms with Crippen molar-refractivity contribution in [1.82, 2.24) is 0 Å². The summed E-state index contributed by atoms with van der Waals surface area (Å²) in [6.45, 7) is 6.31. The molecule has 76 valence electrons. The molecule has 0 saturated heterocycles. The molecule has 0 unspecified atom stereocenters. The van der Waals surface area contributed by atoms with E-state index in [9.17, 15) is 4.79 Å². The second kappa shape index (κ2) is 4.80. The third-order valence-corrected chi connectivity index (χ3v) is 2.12. The zero-order chi connectivity index (χ0) is 10.6. The summed E-state index contributed by atoms with van der Waals surface area (Å²) < 4.78 is 0. The van der Waals surface area contributed by atoms with E-state index in [2.05, 4.69) is 31.3 Å². The minimum Gasteiger partial charge on any atom is -0.378 e. The van der Waals surface area contributed by atoms with E-state index in [1.165, 1.54) is 5.56 Å². The largest absolute Gasteiger partial charge is 0.378 e. The van der Waals surface area contributed by atoms with E-state index in [4.69, 9.17) is 0 Å². The van der Waals surface area contributed by atoms with Crippen LogP contribution < -0.4 is 5.32 Å². The molecular formula is C12H17NO. The minimum atomic E-state index is 0.151. The Morgan fingerprint density at radius 2 is 1.86 bits per heavy atom. The molecule has 0 aromatic heterocycles. The monoisotopic (exact) mass is 191 g/mol. The molecule has 0 saturated carbocycles. The molecule has 0 aliphatic rings. The highest BCUT2D eigenvalue weighted by Gasteiger charge is 1.98. The molecule has 1 rings (SSSR count). The first-order valence-electron chi connectivity index (χ1n) is 4.93. The van der Waals surface area contributed by atoms with Gasteiger partial charge in [-0.15, -0.1) is 0 Å². The van der Waals surface area contributed by atoms with Crippen LogP contribution in [0.4, 0.5) is 5.69 Å². The number of ketones is 1. The van der Waals surface area contributed by atoms with E-state index in [0.29, 0.717) is 12.5 Å². The van der Waals surface area contributed by atoms with Crippen molar-refractivity contribution in [2.75, 3.05) is 11.9 Å². The highest BCUT2D eigenvalue weighted by molar-refractivity contribution is 5.80. The summed E-state index contributed by atoms with van der Waals surface area (Å²) in [5.41, 5.74) is 2.32. The number of Topliss-reactive ketones (excluding diaryl/α,β-unsaturated/α-hetero) is 1. The van der Waals surface area contributed by atoms with Crippen LogP contribution in [0.3, 0.4) is 0 Å². The van der Waals surface area contributed by atoms with Crippen LogP contribution in [-0.4, -0.2) is 12.3 Å². The summed E-state index contributed by atoms with van der Waals surface area (Å²) >= 11 is 0. The lowest BCUT2D eigenvalue weighted by Gasteiger charge is -2.07. The Balaban J connectivity index is 2.59. The van der Waals surface area contributed by atoms with Crippen molar-refractivity contribution in [3.05, 3.63) is 29.8 Å². The van der Waals surface area contributed by atoms with Crippen molar-refractivity contribution < 1.29 is 4.79 Å². The summed E-state index contributed by atoms with van der Waals surface area (Å²) in [5, 5.41) is 3.06. The van der Waals surface area contributed by atoms with E-state index in [-0.39, 0.29) is 5.78 Å². The maximum absolute atomic E-state index is 10.7. The van der Waals surface area contributed by atoms with Crippen LogP contribution in [0.15, 0.2) is 24.3 Å². The zero-order valence-electron chi connectivity index (χ0n) is 9.00. The first kappa shape index (κ1) is 10.8. The number of anilines is 1. The summed E-state index contributed by atoms with van der Waals surface area (Å²) in [6.07, 6.45) is 0. The van der Waals surface area contributed by atoms with Gasteiger partial charge in [-0.3, -0.25) is 4.79 Å². The maximum atomic E-state index is 10.7. The van der Waals surface area contributed by atoms with Gasteiger partial charge in [0.15, 0.2) is 0 Å². The molecule has 14 heavy (non-hydrogen) atoms. The van der Waals surface area contributed by atoms with E-state index < -0.39 is 0 Å². The number of rotatable bonds is 4. The third kappa shape index (κ3) is 3.21. The van der Waals surface area contributed by atoms with Gasteiger partial charge in [0.05, 0.1) is 6.54 Å². The summed E-state index contributed by atoms with van der Waals surface area (Å²) in [7, 11) is 0. The van der Waals surface area contributed by atoms with E-state index >= 15 is 0 Å².